The molecule has 3 rings (SSSR count). The second-order valence-corrected chi connectivity index (χ2v) is 6.59. The van der Waals surface area contributed by atoms with Gasteiger partial charge in [0.2, 0.25) is 0 Å². The number of halogens is 1. The van der Waals surface area contributed by atoms with Gasteiger partial charge in [0.1, 0.15) is 17.4 Å². The molecule has 0 bridgehead atoms. The summed E-state index contributed by atoms with van der Waals surface area (Å²) in [5.41, 5.74) is 9.24. The normalized spacial score (nSPS) is 11.6. The third-order valence-corrected chi connectivity index (χ3v) is 4.45. The van der Waals surface area contributed by atoms with E-state index < -0.39 is 5.82 Å². The zero-order valence-electron chi connectivity index (χ0n) is 16.0. The van der Waals surface area contributed by atoms with Crippen LogP contribution in [0.25, 0.3) is 11.1 Å². The van der Waals surface area contributed by atoms with E-state index in [1.54, 1.807) is 39.1 Å². The Labute approximate surface area is 162 Å². The molecule has 0 spiro atoms. The van der Waals surface area contributed by atoms with E-state index in [0.717, 1.165) is 11.1 Å². The molecular formula is C21H21FN4O2. The number of hydrogen-bond acceptors (Lipinski definition) is 6. The van der Waals surface area contributed by atoms with E-state index in [9.17, 15) is 9.18 Å². The number of carbonyl (C=O) groups excluding carboxylic acids is 1. The molecule has 0 aliphatic heterocycles. The number of ketones is 1. The van der Waals surface area contributed by atoms with Gasteiger partial charge in [0.15, 0.2) is 5.78 Å². The maximum atomic E-state index is 14.6. The summed E-state index contributed by atoms with van der Waals surface area (Å²) in [6, 6.07) is 8.13. The van der Waals surface area contributed by atoms with Crippen LogP contribution in [-0.4, -0.2) is 21.6 Å². The first-order valence-corrected chi connectivity index (χ1v) is 8.82. The Morgan fingerprint density at radius 1 is 1.29 bits per heavy atom. The van der Waals surface area contributed by atoms with E-state index in [1.807, 2.05) is 6.07 Å². The molecule has 144 valence electrons. The minimum atomic E-state index is -0.577. The van der Waals surface area contributed by atoms with Crippen molar-refractivity contribution in [3.05, 3.63) is 64.9 Å². The molecule has 0 amide bonds. The molecule has 0 radical (unpaired) electrons. The summed E-state index contributed by atoms with van der Waals surface area (Å²) in [4.78, 5) is 20.9. The van der Waals surface area contributed by atoms with Crippen LogP contribution in [-0.2, 0) is 6.54 Å². The van der Waals surface area contributed by atoms with Crippen molar-refractivity contribution in [3.63, 3.8) is 0 Å². The molecule has 1 aromatic carbocycles. The van der Waals surface area contributed by atoms with Crippen molar-refractivity contribution in [3.8, 4) is 11.1 Å². The molecule has 7 heteroatoms. The van der Waals surface area contributed by atoms with Gasteiger partial charge in [-0.2, -0.15) is 0 Å². The zero-order chi connectivity index (χ0) is 20.3. The van der Waals surface area contributed by atoms with E-state index in [4.69, 9.17) is 10.3 Å². The number of anilines is 1. The van der Waals surface area contributed by atoms with E-state index in [0.29, 0.717) is 35.1 Å². The Hall–Kier alpha value is -3.35. The van der Waals surface area contributed by atoms with Crippen molar-refractivity contribution >= 4 is 17.3 Å². The second kappa shape index (κ2) is 8.12. The van der Waals surface area contributed by atoms with Gasteiger partial charge in [0, 0.05) is 29.5 Å². The van der Waals surface area contributed by atoms with Crippen LogP contribution in [0.3, 0.4) is 0 Å². The average molecular weight is 380 g/mol. The van der Waals surface area contributed by atoms with Crippen LogP contribution in [0.4, 0.5) is 10.2 Å². The minimum absolute atomic E-state index is 0.0295. The number of Topliss-reactive ketones (excluding diaryl/α,β-unsaturated/α-hetero) is 1. The van der Waals surface area contributed by atoms with Crippen LogP contribution in [0, 0.1) is 19.7 Å². The van der Waals surface area contributed by atoms with Crippen molar-refractivity contribution in [2.75, 3.05) is 5.73 Å². The second-order valence-electron chi connectivity index (χ2n) is 6.59. The number of nitrogens with two attached hydrogens (primary N) is 1. The number of aryl methyl sites for hydroxylation is 2. The van der Waals surface area contributed by atoms with Crippen LogP contribution in [0.15, 0.2) is 46.0 Å². The number of benzene rings is 1. The summed E-state index contributed by atoms with van der Waals surface area (Å²) in [5.74, 6) is 0.106. The molecule has 0 saturated carbocycles. The lowest BCUT2D eigenvalue weighted by Crippen LogP contribution is -2.08. The standard InChI is InChI=1S/C21H21FN4O2/c1-12(25-11-16-5-4-8-24-21(16)23)9-19(27)17-7-6-15(10-18(17)22)20-13(2)26-28-14(20)3/h4-8,10H,9,11H2,1-3H3,(H2,23,24). The predicted octanol–water partition coefficient (Wildman–Crippen LogP) is 4.31. The first kappa shape index (κ1) is 19.4. The molecule has 3 aromatic rings. The Kier molecular flexibility index (Phi) is 5.63. The number of aromatic nitrogens is 2. The van der Waals surface area contributed by atoms with Crippen LogP contribution >= 0.6 is 0 Å². The lowest BCUT2D eigenvalue weighted by molar-refractivity contribution is 0.0996. The lowest BCUT2D eigenvalue weighted by Gasteiger charge is -2.06. The molecule has 0 aliphatic rings. The van der Waals surface area contributed by atoms with E-state index in [2.05, 4.69) is 15.1 Å². The molecule has 2 aromatic heterocycles. The van der Waals surface area contributed by atoms with Crippen molar-refractivity contribution in [1.29, 1.82) is 0 Å². The predicted molar refractivity (Wildman–Crippen MR) is 106 cm³/mol. The fourth-order valence-electron chi connectivity index (χ4n) is 2.98. The monoisotopic (exact) mass is 380 g/mol. The van der Waals surface area contributed by atoms with Crippen LogP contribution in [0.1, 0.15) is 40.7 Å². The number of hydrogen-bond donors (Lipinski definition) is 1. The molecule has 0 fully saturated rings. The Balaban J connectivity index is 1.74. The van der Waals surface area contributed by atoms with E-state index in [-0.39, 0.29) is 17.8 Å². The summed E-state index contributed by atoms with van der Waals surface area (Å²) >= 11 is 0. The largest absolute Gasteiger partial charge is 0.383 e. The van der Waals surface area contributed by atoms with Gasteiger partial charge in [-0.25, -0.2) is 9.37 Å². The maximum Gasteiger partial charge on any atom is 0.171 e. The van der Waals surface area contributed by atoms with Crippen LogP contribution in [0.5, 0.6) is 0 Å². The fraction of sp³-hybridized carbons (Fsp3) is 0.238. The van der Waals surface area contributed by atoms with E-state index in [1.165, 1.54) is 12.1 Å². The molecule has 0 saturated heterocycles. The maximum absolute atomic E-state index is 14.6. The highest BCUT2D eigenvalue weighted by molar-refractivity contribution is 6.09. The van der Waals surface area contributed by atoms with E-state index >= 15 is 0 Å². The van der Waals surface area contributed by atoms with Gasteiger partial charge < -0.3 is 10.3 Å². The van der Waals surface area contributed by atoms with Gasteiger partial charge in [0.05, 0.1) is 17.8 Å². The minimum Gasteiger partial charge on any atom is -0.383 e. The fourth-order valence-corrected chi connectivity index (χ4v) is 2.98. The molecular weight excluding hydrogens is 359 g/mol. The summed E-state index contributed by atoms with van der Waals surface area (Å²) in [6.45, 7) is 5.62. The molecule has 0 atom stereocenters. The van der Waals surface area contributed by atoms with Crippen molar-refractivity contribution in [2.24, 2.45) is 4.99 Å². The van der Waals surface area contributed by atoms with Gasteiger partial charge in [-0.05, 0) is 44.5 Å². The lowest BCUT2D eigenvalue weighted by atomic mass is 9.99. The number of nitrogen functional groups attached to an aromatic ring is 1. The summed E-state index contributed by atoms with van der Waals surface area (Å²) < 4.78 is 19.7. The number of pyridine rings is 1. The first-order valence-electron chi connectivity index (χ1n) is 8.82. The number of nitrogens with zero attached hydrogens (tertiary/aromatic N) is 3. The Morgan fingerprint density at radius 3 is 2.71 bits per heavy atom. The molecule has 0 unspecified atom stereocenters. The summed E-state index contributed by atoms with van der Waals surface area (Å²) in [5, 5.41) is 3.88. The quantitative estimate of drug-likeness (QED) is 0.508. The van der Waals surface area contributed by atoms with Crippen molar-refractivity contribution in [1.82, 2.24) is 10.1 Å². The van der Waals surface area contributed by atoms with Gasteiger partial charge in [-0.15, -0.1) is 0 Å². The van der Waals surface area contributed by atoms with Crippen molar-refractivity contribution in [2.45, 2.75) is 33.7 Å². The van der Waals surface area contributed by atoms with Crippen LogP contribution in [0.2, 0.25) is 0 Å². The first-order chi connectivity index (χ1) is 13.4. The molecule has 28 heavy (non-hydrogen) atoms. The third kappa shape index (κ3) is 4.14. The highest BCUT2D eigenvalue weighted by Crippen LogP contribution is 2.28. The molecule has 2 N–H and O–H groups in total. The van der Waals surface area contributed by atoms with Gasteiger partial charge in [0.25, 0.3) is 0 Å². The SMILES string of the molecule is CC(CC(=O)c1ccc(-c2c(C)noc2C)cc1F)=NCc1cccnc1N. The topological polar surface area (TPSA) is 94.4 Å². The van der Waals surface area contributed by atoms with Crippen molar-refractivity contribution < 1.29 is 13.7 Å². The zero-order valence-corrected chi connectivity index (χ0v) is 16.0. The molecule has 2 heterocycles. The number of aliphatic imine (C=N–C) groups is 1. The van der Waals surface area contributed by atoms with Gasteiger partial charge in [-0.3, -0.25) is 9.79 Å². The van der Waals surface area contributed by atoms with Gasteiger partial charge >= 0.3 is 0 Å². The highest BCUT2D eigenvalue weighted by atomic mass is 19.1. The smallest absolute Gasteiger partial charge is 0.171 e. The average Bonchev–Trinajstić information content (AvgIpc) is 2.99. The Morgan fingerprint density at radius 2 is 2.07 bits per heavy atom. The number of carbonyl (C=O) groups is 1. The molecule has 0 aliphatic carbocycles. The summed E-state index contributed by atoms with van der Waals surface area (Å²) in [7, 11) is 0. The molecule has 6 nitrogen and oxygen atoms in total. The highest BCUT2D eigenvalue weighted by Gasteiger charge is 2.17. The third-order valence-electron chi connectivity index (χ3n) is 4.45. The van der Waals surface area contributed by atoms with Gasteiger partial charge in [-0.1, -0.05) is 17.3 Å². The summed E-state index contributed by atoms with van der Waals surface area (Å²) in [6.07, 6.45) is 1.63. The van der Waals surface area contributed by atoms with Crippen LogP contribution < -0.4 is 5.73 Å². The number of rotatable bonds is 6. The Bertz CT molecular complexity index is 1040.